The molecule has 0 saturated carbocycles. The van der Waals surface area contributed by atoms with Crippen LogP contribution in [0.3, 0.4) is 0 Å². The third kappa shape index (κ3) is 2.65. The van der Waals surface area contributed by atoms with Gasteiger partial charge in [-0.15, -0.1) is 11.3 Å². The summed E-state index contributed by atoms with van der Waals surface area (Å²) in [6, 6.07) is 3.35. The van der Waals surface area contributed by atoms with E-state index in [0.717, 1.165) is 32.6 Å². The van der Waals surface area contributed by atoms with Crippen molar-refractivity contribution in [3.8, 4) is 0 Å². The predicted molar refractivity (Wildman–Crippen MR) is 77.9 cm³/mol. The molecule has 2 fully saturated rings. The Hall–Kier alpha value is 0.0600. The fourth-order valence-electron chi connectivity index (χ4n) is 3.13. The van der Waals surface area contributed by atoms with Gasteiger partial charge in [-0.3, -0.25) is 9.80 Å². The summed E-state index contributed by atoms with van der Waals surface area (Å²) in [5.41, 5.74) is 0. The highest BCUT2D eigenvalue weighted by atomic mass is 79.9. The summed E-state index contributed by atoms with van der Waals surface area (Å²) in [6.45, 7) is 6.39. The van der Waals surface area contributed by atoms with E-state index < -0.39 is 0 Å². The first-order valence-electron chi connectivity index (χ1n) is 6.51. The molecule has 0 spiro atoms. The monoisotopic (exact) mass is 330 g/mol. The van der Waals surface area contributed by atoms with E-state index >= 15 is 0 Å². The molecule has 2 saturated heterocycles. The van der Waals surface area contributed by atoms with E-state index in [2.05, 4.69) is 44.1 Å². The summed E-state index contributed by atoms with van der Waals surface area (Å²) < 4.78 is 1.19. The van der Waals surface area contributed by atoms with Crippen molar-refractivity contribution in [2.24, 2.45) is 0 Å². The van der Waals surface area contributed by atoms with Gasteiger partial charge in [0.15, 0.2) is 0 Å². The quantitative estimate of drug-likeness (QED) is 0.900. The number of thiophene rings is 1. The molecule has 0 amide bonds. The molecule has 5 heteroatoms. The van der Waals surface area contributed by atoms with Gasteiger partial charge in [0.25, 0.3) is 0 Å². The Morgan fingerprint density at radius 2 is 2.28 bits per heavy atom. The summed E-state index contributed by atoms with van der Waals surface area (Å²) >= 11 is 5.34. The first-order valence-corrected chi connectivity index (χ1v) is 8.18. The van der Waals surface area contributed by atoms with E-state index in [1.165, 1.54) is 9.35 Å². The standard InChI is InChI=1S/C13H19BrN2OS/c1-9-4-16-6-12(17)3-11(16)5-15(9)7-13-2-10(14)8-18-13/h2,8-9,11-12,17H,3-7H2,1H3/t9-,11-,12+/m0/s1. The Labute approximate surface area is 121 Å². The molecule has 3 heterocycles. The molecule has 2 aliphatic rings. The van der Waals surface area contributed by atoms with Gasteiger partial charge in [0.05, 0.1) is 6.10 Å². The highest BCUT2D eigenvalue weighted by Gasteiger charge is 2.37. The maximum absolute atomic E-state index is 9.76. The number of hydrogen-bond acceptors (Lipinski definition) is 4. The van der Waals surface area contributed by atoms with Crippen LogP contribution in [-0.2, 0) is 6.54 Å². The van der Waals surface area contributed by atoms with Crippen molar-refractivity contribution in [3.05, 3.63) is 20.8 Å². The lowest BCUT2D eigenvalue weighted by molar-refractivity contribution is 0.0535. The summed E-state index contributed by atoms with van der Waals surface area (Å²) in [4.78, 5) is 6.42. The van der Waals surface area contributed by atoms with E-state index in [1.807, 2.05) is 11.3 Å². The molecule has 3 atom stereocenters. The molecule has 3 rings (SSSR count). The van der Waals surface area contributed by atoms with Crippen LogP contribution in [0.15, 0.2) is 15.9 Å². The molecule has 3 nitrogen and oxygen atoms in total. The van der Waals surface area contributed by atoms with E-state index in [9.17, 15) is 5.11 Å². The van der Waals surface area contributed by atoms with Gasteiger partial charge < -0.3 is 5.11 Å². The summed E-state index contributed by atoms with van der Waals surface area (Å²) in [6.07, 6.45) is 0.829. The minimum atomic E-state index is -0.113. The first kappa shape index (κ1) is 13.1. The summed E-state index contributed by atoms with van der Waals surface area (Å²) in [7, 11) is 0. The molecule has 0 aromatic carbocycles. The van der Waals surface area contributed by atoms with E-state index in [0.29, 0.717) is 12.1 Å². The van der Waals surface area contributed by atoms with Crippen molar-refractivity contribution in [2.75, 3.05) is 19.6 Å². The highest BCUT2D eigenvalue weighted by molar-refractivity contribution is 9.10. The molecular weight excluding hydrogens is 312 g/mol. The predicted octanol–water partition coefficient (Wildman–Crippen LogP) is 2.15. The van der Waals surface area contributed by atoms with Gasteiger partial charge in [0.1, 0.15) is 0 Å². The number of fused-ring (bicyclic) bond motifs is 1. The second-order valence-corrected chi connectivity index (χ2v) is 7.42. The normalized spacial score (nSPS) is 33.8. The first-order chi connectivity index (χ1) is 8.61. The number of aliphatic hydroxyl groups excluding tert-OH is 1. The second-order valence-electron chi connectivity index (χ2n) is 5.51. The maximum Gasteiger partial charge on any atom is 0.0682 e. The number of aliphatic hydroxyl groups is 1. The minimum absolute atomic E-state index is 0.113. The van der Waals surface area contributed by atoms with Gasteiger partial charge in [0.2, 0.25) is 0 Å². The minimum Gasteiger partial charge on any atom is -0.392 e. The van der Waals surface area contributed by atoms with Gasteiger partial charge in [0, 0.05) is 53.0 Å². The van der Waals surface area contributed by atoms with Gasteiger partial charge in [-0.25, -0.2) is 0 Å². The SMILES string of the molecule is C[C@H]1CN2C[C@H](O)C[C@H]2CN1Cc1cc(Br)cs1. The van der Waals surface area contributed by atoms with Crippen LogP contribution in [0.2, 0.25) is 0 Å². The largest absolute Gasteiger partial charge is 0.392 e. The zero-order chi connectivity index (χ0) is 12.7. The number of piperazine rings is 1. The number of nitrogens with zero attached hydrogens (tertiary/aromatic N) is 2. The van der Waals surface area contributed by atoms with Crippen molar-refractivity contribution < 1.29 is 5.11 Å². The Bertz CT molecular complexity index is 425. The molecular formula is C13H19BrN2OS. The number of rotatable bonds is 2. The molecule has 18 heavy (non-hydrogen) atoms. The lowest BCUT2D eigenvalue weighted by Crippen LogP contribution is -2.54. The Kier molecular flexibility index (Phi) is 3.78. The van der Waals surface area contributed by atoms with Crippen molar-refractivity contribution >= 4 is 27.3 Å². The Morgan fingerprint density at radius 3 is 3.00 bits per heavy atom. The maximum atomic E-state index is 9.76. The molecule has 0 radical (unpaired) electrons. The molecule has 1 aromatic heterocycles. The zero-order valence-electron chi connectivity index (χ0n) is 10.6. The zero-order valence-corrected chi connectivity index (χ0v) is 13.0. The van der Waals surface area contributed by atoms with E-state index in [-0.39, 0.29) is 6.10 Å². The Morgan fingerprint density at radius 1 is 1.44 bits per heavy atom. The highest BCUT2D eigenvalue weighted by Crippen LogP contribution is 2.28. The van der Waals surface area contributed by atoms with Gasteiger partial charge in [-0.05, 0) is 35.3 Å². The van der Waals surface area contributed by atoms with Crippen molar-refractivity contribution in [3.63, 3.8) is 0 Å². The van der Waals surface area contributed by atoms with Crippen molar-refractivity contribution in [2.45, 2.75) is 38.1 Å². The van der Waals surface area contributed by atoms with Gasteiger partial charge in [-0.1, -0.05) is 0 Å². The van der Waals surface area contributed by atoms with E-state index in [1.54, 1.807) is 0 Å². The molecule has 0 bridgehead atoms. The average molecular weight is 331 g/mol. The van der Waals surface area contributed by atoms with E-state index in [4.69, 9.17) is 0 Å². The molecule has 0 unspecified atom stereocenters. The van der Waals surface area contributed by atoms with Crippen LogP contribution in [0.4, 0.5) is 0 Å². The number of halogens is 1. The Balaban J connectivity index is 1.66. The molecule has 1 aromatic rings. The van der Waals surface area contributed by atoms with Gasteiger partial charge >= 0.3 is 0 Å². The fourth-order valence-corrected chi connectivity index (χ4v) is 4.61. The topological polar surface area (TPSA) is 26.7 Å². The second kappa shape index (κ2) is 5.21. The summed E-state index contributed by atoms with van der Waals surface area (Å²) in [5, 5.41) is 11.9. The van der Waals surface area contributed by atoms with Crippen LogP contribution >= 0.6 is 27.3 Å². The van der Waals surface area contributed by atoms with Gasteiger partial charge in [-0.2, -0.15) is 0 Å². The molecule has 2 aliphatic heterocycles. The third-order valence-corrected chi connectivity index (χ3v) is 5.74. The van der Waals surface area contributed by atoms with Crippen LogP contribution in [0.25, 0.3) is 0 Å². The molecule has 100 valence electrons. The van der Waals surface area contributed by atoms with Crippen LogP contribution < -0.4 is 0 Å². The van der Waals surface area contributed by atoms with Crippen LogP contribution in [0, 0.1) is 0 Å². The van der Waals surface area contributed by atoms with Crippen LogP contribution in [0.5, 0.6) is 0 Å². The molecule has 1 N–H and O–H groups in total. The number of hydrogen-bond donors (Lipinski definition) is 1. The van der Waals surface area contributed by atoms with Crippen molar-refractivity contribution in [1.29, 1.82) is 0 Å². The lowest BCUT2D eigenvalue weighted by atomic mass is 10.1. The summed E-state index contributed by atoms with van der Waals surface area (Å²) in [5.74, 6) is 0. The van der Waals surface area contributed by atoms with Crippen molar-refractivity contribution in [1.82, 2.24) is 9.80 Å². The van der Waals surface area contributed by atoms with Crippen LogP contribution in [0.1, 0.15) is 18.2 Å². The fraction of sp³-hybridized carbons (Fsp3) is 0.692. The lowest BCUT2D eigenvalue weighted by Gasteiger charge is -2.42. The third-order valence-electron chi connectivity index (χ3n) is 4.05. The molecule has 0 aliphatic carbocycles. The van der Waals surface area contributed by atoms with Crippen LogP contribution in [-0.4, -0.2) is 52.7 Å². The smallest absolute Gasteiger partial charge is 0.0682 e. The average Bonchev–Trinajstić information content (AvgIpc) is 2.85.